The summed E-state index contributed by atoms with van der Waals surface area (Å²) in [6.45, 7) is 5.41. The first-order valence-corrected chi connectivity index (χ1v) is 11.9. The average Bonchev–Trinajstić information content (AvgIpc) is 3.17. The minimum absolute atomic E-state index is 0.000757. The number of sulfonamides is 1. The molecule has 9 nitrogen and oxygen atoms in total. The SMILES string of the molecule is Cc1cc([C@@H](C)Nc2ccc(Cl)nc2S(N)(=O)=O)c2oc(-c3cnn(C)c3)c(C)c(=O)c2c1. The van der Waals surface area contributed by atoms with Crippen LogP contribution in [0.25, 0.3) is 22.3 Å². The molecule has 3 N–H and O–H groups in total. The molecule has 0 saturated heterocycles. The zero-order valence-electron chi connectivity index (χ0n) is 18.4. The molecule has 0 spiro atoms. The van der Waals surface area contributed by atoms with Crippen molar-refractivity contribution in [1.82, 2.24) is 14.8 Å². The Labute approximate surface area is 195 Å². The molecule has 0 saturated carbocycles. The first kappa shape index (κ1) is 23.0. The Morgan fingerprint density at radius 1 is 1.24 bits per heavy atom. The first-order chi connectivity index (χ1) is 15.5. The fourth-order valence-electron chi connectivity index (χ4n) is 3.76. The quantitative estimate of drug-likeness (QED) is 0.410. The Morgan fingerprint density at radius 3 is 2.61 bits per heavy atom. The summed E-state index contributed by atoms with van der Waals surface area (Å²) in [6.07, 6.45) is 3.40. The molecule has 172 valence electrons. The Hall–Kier alpha value is -3.21. The minimum atomic E-state index is -4.13. The van der Waals surface area contributed by atoms with Gasteiger partial charge in [0, 0.05) is 24.4 Å². The number of nitrogens with two attached hydrogens (primary N) is 1. The summed E-state index contributed by atoms with van der Waals surface area (Å²) in [7, 11) is -2.35. The van der Waals surface area contributed by atoms with Gasteiger partial charge in [-0.1, -0.05) is 17.7 Å². The number of hydrogen-bond acceptors (Lipinski definition) is 7. The Balaban J connectivity index is 1.89. The lowest BCUT2D eigenvalue weighted by Gasteiger charge is -2.19. The highest BCUT2D eigenvalue weighted by Crippen LogP contribution is 2.33. The number of pyridine rings is 1. The number of nitrogens with one attached hydrogen (secondary N) is 1. The molecule has 4 rings (SSSR count). The van der Waals surface area contributed by atoms with Crippen LogP contribution in [0.15, 0.2) is 50.9 Å². The monoisotopic (exact) mass is 487 g/mol. The molecule has 0 bridgehead atoms. The van der Waals surface area contributed by atoms with Gasteiger partial charge in [-0.05, 0) is 44.5 Å². The van der Waals surface area contributed by atoms with Gasteiger partial charge in [-0.15, -0.1) is 0 Å². The molecule has 0 radical (unpaired) electrons. The summed E-state index contributed by atoms with van der Waals surface area (Å²) < 4.78 is 31.9. The number of anilines is 1. The van der Waals surface area contributed by atoms with Crippen LogP contribution in [-0.4, -0.2) is 23.2 Å². The lowest BCUT2D eigenvalue weighted by atomic mass is 9.99. The van der Waals surface area contributed by atoms with Gasteiger partial charge in [-0.2, -0.15) is 5.10 Å². The van der Waals surface area contributed by atoms with E-state index in [1.54, 1.807) is 37.1 Å². The Morgan fingerprint density at radius 2 is 1.97 bits per heavy atom. The number of rotatable bonds is 5. The summed E-state index contributed by atoms with van der Waals surface area (Å²) in [5.41, 5.74) is 3.12. The van der Waals surface area contributed by atoms with Gasteiger partial charge in [0.15, 0.2) is 10.5 Å². The van der Waals surface area contributed by atoms with Crippen molar-refractivity contribution in [3.8, 4) is 11.3 Å². The van der Waals surface area contributed by atoms with Gasteiger partial charge in [0.2, 0.25) is 0 Å². The molecule has 0 fully saturated rings. The van der Waals surface area contributed by atoms with Crippen molar-refractivity contribution in [2.45, 2.75) is 31.8 Å². The van der Waals surface area contributed by atoms with E-state index in [2.05, 4.69) is 15.4 Å². The van der Waals surface area contributed by atoms with Crippen LogP contribution < -0.4 is 15.9 Å². The molecular formula is C22H22ClN5O4S. The van der Waals surface area contributed by atoms with Crippen LogP contribution in [0.3, 0.4) is 0 Å². The van der Waals surface area contributed by atoms with Crippen molar-refractivity contribution in [2.24, 2.45) is 12.2 Å². The fourth-order valence-corrected chi connectivity index (χ4v) is 4.62. The maximum absolute atomic E-state index is 13.2. The predicted molar refractivity (Wildman–Crippen MR) is 127 cm³/mol. The topological polar surface area (TPSA) is 133 Å². The van der Waals surface area contributed by atoms with Crippen LogP contribution in [0.1, 0.15) is 29.7 Å². The van der Waals surface area contributed by atoms with Crippen LogP contribution in [0, 0.1) is 13.8 Å². The molecule has 1 aromatic carbocycles. The Kier molecular flexibility index (Phi) is 5.77. The molecule has 1 atom stereocenters. The third-order valence-corrected chi connectivity index (χ3v) is 6.35. The van der Waals surface area contributed by atoms with Gasteiger partial charge in [0.05, 0.1) is 28.9 Å². The summed E-state index contributed by atoms with van der Waals surface area (Å²) in [6, 6.07) is 6.14. The minimum Gasteiger partial charge on any atom is -0.455 e. The summed E-state index contributed by atoms with van der Waals surface area (Å²) in [5.74, 6) is 0.427. The molecule has 3 aromatic heterocycles. The van der Waals surface area contributed by atoms with Crippen LogP contribution in [0.5, 0.6) is 0 Å². The van der Waals surface area contributed by atoms with E-state index in [-0.39, 0.29) is 21.3 Å². The number of aromatic nitrogens is 3. The van der Waals surface area contributed by atoms with E-state index in [9.17, 15) is 13.2 Å². The maximum Gasteiger partial charge on any atom is 0.257 e. The van der Waals surface area contributed by atoms with E-state index in [1.165, 1.54) is 12.1 Å². The largest absolute Gasteiger partial charge is 0.455 e. The third-order valence-electron chi connectivity index (χ3n) is 5.29. The number of fused-ring (bicyclic) bond motifs is 1. The van der Waals surface area contributed by atoms with E-state index in [0.29, 0.717) is 33.4 Å². The Bertz CT molecular complexity index is 1560. The fraction of sp³-hybridized carbons (Fsp3) is 0.227. The molecule has 0 aliphatic rings. The second-order valence-electron chi connectivity index (χ2n) is 7.92. The highest BCUT2D eigenvalue weighted by molar-refractivity contribution is 7.89. The zero-order valence-corrected chi connectivity index (χ0v) is 20.0. The molecule has 0 unspecified atom stereocenters. The van der Waals surface area contributed by atoms with Crippen LogP contribution in [-0.2, 0) is 17.1 Å². The normalized spacial score (nSPS) is 12.8. The average molecular weight is 488 g/mol. The molecule has 3 heterocycles. The van der Waals surface area contributed by atoms with E-state index in [0.717, 1.165) is 5.56 Å². The van der Waals surface area contributed by atoms with Crippen molar-refractivity contribution in [3.05, 3.63) is 68.7 Å². The van der Waals surface area contributed by atoms with E-state index >= 15 is 0 Å². The second-order valence-corrected chi connectivity index (χ2v) is 9.78. The molecule has 33 heavy (non-hydrogen) atoms. The number of nitrogens with zero attached hydrogens (tertiary/aromatic N) is 3. The molecule has 0 amide bonds. The van der Waals surface area contributed by atoms with Crippen LogP contribution in [0.4, 0.5) is 5.69 Å². The van der Waals surface area contributed by atoms with E-state index < -0.39 is 16.1 Å². The third kappa shape index (κ3) is 4.37. The van der Waals surface area contributed by atoms with Gasteiger partial charge in [0.25, 0.3) is 10.0 Å². The van der Waals surface area contributed by atoms with Crippen LogP contribution >= 0.6 is 11.6 Å². The highest BCUT2D eigenvalue weighted by Gasteiger charge is 2.22. The van der Waals surface area contributed by atoms with Crippen molar-refractivity contribution < 1.29 is 12.8 Å². The van der Waals surface area contributed by atoms with E-state index in [1.807, 2.05) is 19.9 Å². The number of primary sulfonamides is 1. The molecule has 0 aliphatic carbocycles. The lowest BCUT2D eigenvalue weighted by molar-refractivity contribution is 0.594. The van der Waals surface area contributed by atoms with Gasteiger partial charge in [-0.3, -0.25) is 9.48 Å². The molecular weight excluding hydrogens is 466 g/mol. The second kappa shape index (κ2) is 8.29. The van der Waals surface area contributed by atoms with Crippen molar-refractivity contribution in [2.75, 3.05) is 5.32 Å². The molecule has 4 aromatic rings. The predicted octanol–water partition coefficient (Wildman–Crippen LogP) is 3.68. The maximum atomic E-state index is 13.2. The lowest BCUT2D eigenvalue weighted by Crippen LogP contribution is -2.18. The summed E-state index contributed by atoms with van der Waals surface area (Å²) in [4.78, 5) is 17.1. The number of benzene rings is 1. The number of aryl methyl sites for hydroxylation is 2. The number of hydrogen-bond donors (Lipinski definition) is 2. The van der Waals surface area contributed by atoms with Gasteiger partial charge in [0.1, 0.15) is 16.5 Å². The van der Waals surface area contributed by atoms with Gasteiger partial charge >= 0.3 is 0 Å². The first-order valence-electron chi connectivity index (χ1n) is 9.98. The summed E-state index contributed by atoms with van der Waals surface area (Å²) >= 11 is 5.87. The van der Waals surface area contributed by atoms with Crippen molar-refractivity contribution in [3.63, 3.8) is 0 Å². The van der Waals surface area contributed by atoms with Crippen LogP contribution in [0.2, 0.25) is 5.15 Å². The smallest absolute Gasteiger partial charge is 0.257 e. The molecule has 0 aliphatic heterocycles. The van der Waals surface area contributed by atoms with Crippen molar-refractivity contribution >= 4 is 38.3 Å². The summed E-state index contributed by atoms with van der Waals surface area (Å²) in [5, 5.41) is 12.7. The zero-order chi connectivity index (χ0) is 24.1. The van der Waals surface area contributed by atoms with Crippen molar-refractivity contribution in [1.29, 1.82) is 0 Å². The molecule has 11 heteroatoms. The highest BCUT2D eigenvalue weighted by atomic mass is 35.5. The van der Waals surface area contributed by atoms with E-state index in [4.69, 9.17) is 21.2 Å². The van der Waals surface area contributed by atoms with Gasteiger partial charge < -0.3 is 9.73 Å². The van der Waals surface area contributed by atoms with Gasteiger partial charge in [-0.25, -0.2) is 18.5 Å². The standard InChI is InChI=1S/C22H22ClN5O4S/c1-11-7-15(13(3)26-17-5-6-18(23)27-22(17)33(24,30)31)21-16(8-11)19(29)12(2)20(32-21)14-9-25-28(4)10-14/h5-10,13,26H,1-4H3,(H2,24,30,31)/t13-/m1/s1. The number of halogens is 1.